The molecule has 0 aromatic heterocycles. The number of piperidine rings is 1. The van der Waals surface area contributed by atoms with Gasteiger partial charge >= 0.3 is 0 Å². The normalized spacial score (nSPS) is 24.6. The Morgan fingerprint density at radius 2 is 1.95 bits per heavy atom. The predicted molar refractivity (Wildman–Crippen MR) is 70.3 cm³/mol. The predicted octanol–water partition coefficient (Wildman–Crippen LogP) is 0.0838. The molecular weight excluding hydrogens is 284 g/mol. The van der Waals surface area contributed by atoms with Crippen LogP contribution in [0.15, 0.2) is 0 Å². The fourth-order valence-corrected chi connectivity index (χ4v) is 3.25. The van der Waals surface area contributed by atoms with Gasteiger partial charge in [-0.2, -0.15) is 13.7 Å². The van der Waals surface area contributed by atoms with E-state index in [1.54, 1.807) is 0 Å². The molecule has 0 aromatic carbocycles. The molecule has 0 saturated carbocycles. The summed E-state index contributed by atoms with van der Waals surface area (Å²) in [5.74, 6) is -0.446. The third-order valence-corrected chi connectivity index (χ3v) is 4.14. The molecule has 8 heteroatoms. The van der Waals surface area contributed by atoms with Crippen LogP contribution in [-0.2, 0) is 23.8 Å². The lowest BCUT2D eigenvalue weighted by Gasteiger charge is -2.38. The number of nitrogens with zero attached hydrogens (tertiary/aromatic N) is 2. The molecule has 0 aliphatic carbocycles. The number of rotatable bonds is 5. The summed E-state index contributed by atoms with van der Waals surface area (Å²) in [6.07, 6.45) is 1.95. The van der Waals surface area contributed by atoms with Gasteiger partial charge in [-0.05, 0) is 0 Å². The largest absolute Gasteiger partial charge is 0.347 e. The second-order valence-corrected chi connectivity index (χ2v) is 6.79. The molecule has 0 amide bonds. The van der Waals surface area contributed by atoms with Crippen molar-refractivity contribution < 1.29 is 22.1 Å². The van der Waals surface area contributed by atoms with Crippen LogP contribution in [0.3, 0.4) is 0 Å². The monoisotopic (exact) mass is 304 g/mol. The maximum absolute atomic E-state index is 11.2. The first-order valence-corrected chi connectivity index (χ1v) is 8.50. The second-order valence-electron chi connectivity index (χ2n) is 5.19. The zero-order chi connectivity index (χ0) is 14.6. The van der Waals surface area contributed by atoms with Crippen LogP contribution in [0.5, 0.6) is 0 Å². The lowest BCUT2D eigenvalue weighted by atomic mass is 10.0. The summed E-state index contributed by atoms with van der Waals surface area (Å²) >= 11 is 0. The first kappa shape index (κ1) is 15.7. The first-order chi connectivity index (χ1) is 9.42. The summed E-state index contributed by atoms with van der Waals surface area (Å²) in [6, 6.07) is 1.96. The van der Waals surface area contributed by atoms with Crippen LogP contribution in [0, 0.1) is 11.3 Å². The fourth-order valence-electron chi connectivity index (χ4n) is 2.63. The van der Waals surface area contributed by atoms with Gasteiger partial charge in [-0.3, -0.25) is 4.18 Å². The summed E-state index contributed by atoms with van der Waals surface area (Å²) in [6.45, 7) is 3.18. The molecule has 2 heterocycles. The SMILES string of the molecule is CS(=O)(=O)OC(CC#N)CN1CCC2(CC1)OCCO2. The molecule has 1 atom stereocenters. The third-order valence-electron chi connectivity index (χ3n) is 3.52. The summed E-state index contributed by atoms with van der Waals surface area (Å²) < 4.78 is 38.6. The van der Waals surface area contributed by atoms with Crippen LogP contribution in [0.2, 0.25) is 0 Å². The Morgan fingerprint density at radius 1 is 1.35 bits per heavy atom. The zero-order valence-electron chi connectivity index (χ0n) is 11.6. The van der Waals surface area contributed by atoms with Gasteiger partial charge in [0, 0.05) is 32.5 Å². The minimum Gasteiger partial charge on any atom is -0.347 e. The maximum atomic E-state index is 11.2. The fraction of sp³-hybridized carbons (Fsp3) is 0.917. The van der Waals surface area contributed by atoms with E-state index in [0.29, 0.717) is 19.8 Å². The molecule has 2 rings (SSSR count). The number of likely N-dealkylation sites (tertiary alicyclic amines) is 1. The number of hydrogen-bond donors (Lipinski definition) is 0. The molecule has 114 valence electrons. The average Bonchev–Trinajstić information content (AvgIpc) is 2.79. The van der Waals surface area contributed by atoms with Crippen LogP contribution in [0.1, 0.15) is 19.3 Å². The van der Waals surface area contributed by atoms with Gasteiger partial charge in [0.15, 0.2) is 5.79 Å². The van der Waals surface area contributed by atoms with E-state index in [1.165, 1.54) is 0 Å². The van der Waals surface area contributed by atoms with E-state index in [1.807, 2.05) is 6.07 Å². The number of ether oxygens (including phenoxy) is 2. The smallest absolute Gasteiger partial charge is 0.264 e. The van der Waals surface area contributed by atoms with Crippen LogP contribution < -0.4 is 0 Å². The zero-order valence-corrected chi connectivity index (χ0v) is 12.4. The van der Waals surface area contributed by atoms with Gasteiger partial charge in [0.25, 0.3) is 10.1 Å². The maximum Gasteiger partial charge on any atom is 0.264 e. The van der Waals surface area contributed by atoms with Crippen molar-refractivity contribution in [3.8, 4) is 6.07 Å². The van der Waals surface area contributed by atoms with Crippen molar-refractivity contribution in [3.63, 3.8) is 0 Å². The Morgan fingerprint density at radius 3 is 2.45 bits per heavy atom. The summed E-state index contributed by atoms with van der Waals surface area (Å²) in [5.41, 5.74) is 0. The van der Waals surface area contributed by atoms with Gasteiger partial charge in [-0.25, -0.2) is 0 Å². The molecule has 1 spiro atoms. The van der Waals surface area contributed by atoms with E-state index in [2.05, 4.69) is 4.90 Å². The van der Waals surface area contributed by atoms with Crippen molar-refractivity contribution in [2.45, 2.75) is 31.2 Å². The van der Waals surface area contributed by atoms with Crippen molar-refractivity contribution >= 4 is 10.1 Å². The highest BCUT2D eigenvalue weighted by Crippen LogP contribution is 2.31. The van der Waals surface area contributed by atoms with Gasteiger partial charge in [0.1, 0.15) is 6.10 Å². The highest BCUT2D eigenvalue weighted by molar-refractivity contribution is 7.86. The number of hydrogen-bond acceptors (Lipinski definition) is 7. The molecule has 2 fully saturated rings. The van der Waals surface area contributed by atoms with Gasteiger partial charge in [-0.1, -0.05) is 0 Å². The molecule has 2 saturated heterocycles. The van der Waals surface area contributed by atoms with Crippen molar-refractivity contribution in [3.05, 3.63) is 0 Å². The Bertz CT molecular complexity index is 457. The van der Waals surface area contributed by atoms with E-state index < -0.39 is 22.0 Å². The van der Waals surface area contributed by atoms with Crippen LogP contribution in [-0.4, -0.2) is 64.3 Å². The third kappa shape index (κ3) is 4.40. The summed E-state index contributed by atoms with van der Waals surface area (Å²) in [7, 11) is -3.55. The Balaban J connectivity index is 1.84. The van der Waals surface area contributed by atoms with Crippen molar-refractivity contribution in [1.29, 1.82) is 5.26 Å². The van der Waals surface area contributed by atoms with E-state index in [4.69, 9.17) is 18.9 Å². The van der Waals surface area contributed by atoms with Crippen molar-refractivity contribution in [2.75, 3.05) is 39.1 Å². The Hall–Kier alpha value is -0.720. The molecule has 0 N–H and O–H groups in total. The highest BCUT2D eigenvalue weighted by atomic mass is 32.2. The number of nitriles is 1. The molecule has 2 aliphatic heterocycles. The minimum atomic E-state index is -3.55. The van der Waals surface area contributed by atoms with Crippen molar-refractivity contribution in [2.24, 2.45) is 0 Å². The average molecular weight is 304 g/mol. The molecule has 2 aliphatic rings. The molecular formula is C12H20N2O5S. The Labute approximate surface area is 119 Å². The van der Waals surface area contributed by atoms with E-state index >= 15 is 0 Å². The minimum absolute atomic E-state index is 0.0573. The topological polar surface area (TPSA) is 88.9 Å². The van der Waals surface area contributed by atoms with E-state index in [0.717, 1.165) is 32.2 Å². The lowest BCUT2D eigenvalue weighted by Crippen LogP contribution is -2.47. The molecule has 0 aromatic rings. The van der Waals surface area contributed by atoms with Crippen molar-refractivity contribution in [1.82, 2.24) is 4.90 Å². The van der Waals surface area contributed by atoms with Gasteiger partial charge in [0.2, 0.25) is 0 Å². The van der Waals surface area contributed by atoms with Crippen LogP contribution in [0.4, 0.5) is 0 Å². The standard InChI is InChI=1S/C12H20N2O5S/c1-20(15,16)19-11(2-5-13)10-14-6-3-12(4-7-14)17-8-9-18-12/h11H,2-4,6-10H2,1H3. The first-order valence-electron chi connectivity index (χ1n) is 6.68. The van der Waals surface area contributed by atoms with Gasteiger partial charge < -0.3 is 14.4 Å². The molecule has 20 heavy (non-hydrogen) atoms. The highest BCUT2D eigenvalue weighted by Gasteiger charge is 2.40. The summed E-state index contributed by atoms with van der Waals surface area (Å²) in [4.78, 5) is 2.09. The van der Waals surface area contributed by atoms with Crippen LogP contribution in [0.25, 0.3) is 0 Å². The quantitative estimate of drug-likeness (QED) is 0.665. The molecule has 7 nitrogen and oxygen atoms in total. The lowest BCUT2D eigenvalue weighted by molar-refractivity contribution is -0.186. The van der Waals surface area contributed by atoms with E-state index in [-0.39, 0.29) is 6.42 Å². The van der Waals surface area contributed by atoms with Crippen LogP contribution >= 0.6 is 0 Å². The molecule has 0 bridgehead atoms. The molecule has 1 unspecified atom stereocenters. The van der Waals surface area contributed by atoms with E-state index in [9.17, 15) is 8.42 Å². The summed E-state index contributed by atoms with van der Waals surface area (Å²) in [5, 5.41) is 8.75. The second kappa shape index (κ2) is 6.37. The Kier molecular flexibility index (Phi) is 4.99. The van der Waals surface area contributed by atoms with Gasteiger partial charge in [-0.15, -0.1) is 0 Å². The van der Waals surface area contributed by atoms with Gasteiger partial charge in [0.05, 0.1) is 32.0 Å². The molecule has 0 radical (unpaired) electrons.